The number of ether oxygens (including phenoxy) is 2. The molecule has 3 aromatic rings. The van der Waals surface area contributed by atoms with Crippen molar-refractivity contribution in [1.82, 2.24) is 14.8 Å². The monoisotopic (exact) mass is 311 g/mol. The smallest absolute Gasteiger partial charge is 0.357 e. The molecular formula is C15H13N5O3. The number of hydrogen-bond acceptors (Lipinski definition) is 6. The minimum absolute atomic E-state index is 0.0849. The summed E-state index contributed by atoms with van der Waals surface area (Å²) in [5.41, 5.74) is 7.63. The number of carbonyl (C=O) groups excluding carboxylic acids is 1. The summed E-state index contributed by atoms with van der Waals surface area (Å²) in [6.45, 7) is 0. The van der Waals surface area contributed by atoms with Gasteiger partial charge in [0.25, 0.3) is 0 Å². The number of fused-ring (bicyclic) bond motifs is 1. The molecule has 23 heavy (non-hydrogen) atoms. The van der Waals surface area contributed by atoms with Crippen molar-refractivity contribution < 1.29 is 14.3 Å². The number of nitrogens with two attached hydrogens (primary N) is 1. The lowest BCUT2D eigenvalue weighted by atomic mass is 10.2. The quantitative estimate of drug-likeness (QED) is 0.709. The molecule has 0 aliphatic carbocycles. The van der Waals surface area contributed by atoms with Gasteiger partial charge in [-0.1, -0.05) is 0 Å². The van der Waals surface area contributed by atoms with Crippen LogP contribution in [0.25, 0.3) is 16.6 Å². The van der Waals surface area contributed by atoms with Gasteiger partial charge < -0.3 is 19.8 Å². The number of H-pyrrole nitrogens is 1. The second kappa shape index (κ2) is 5.38. The van der Waals surface area contributed by atoms with E-state index in [1.165, 1.54) is 25.0 Å². The van der Waals surface area contributed by atoms with Crippen molar-refractivity contribution >= 4 is 22.6 Å². The lowest BCUT2D eigenvalue weighted by molar-refractivity contribution is 0.0593. The molecule has 8 heteroatoms. The highest BCUT2D eigenvalue weighted by Gasteiger charge is 2.22. The van der Waals surface area contributed by atoms with E-state index >= 15 is 0 Å². The predicted molar refractivity (Wildman–Crippen MR) is 82.4 cm³/mol. The number of rotatable bonds is 3. The highest BCUT2D eigenvalue weighted by atomic mass is 16.5. The second-order valence-corrected chi connectivity index (χ2v) is 4.74. The number of methoxy groups -OCH3 is 2. The number of hydrogen-bond donors (Lipinski definition) is 2. The van der Waals surface area contributed by atoms with Gasteiger partial charge in [-0.05, 0) is 18.2 Å². The summed E-state index contributed by atoms with van der Waals surface area (Å²) >= 11 is 0. The molecule has 3 N–H and O–H groups in total. The normalized spacial score (nSPS) is 10.5. The minimum atomic E-state index is -0.619. The van der Waals surface area contributed by atoms with E-state index in [1.807, 2.05) is 6.07 Å². The standard InChI is InChI=1S/C15H13N5O3/c1-22-14-10-4-3-9(5-11(10)18-19-14)20-7-8(6-16)12(17)13(20)15(21)23-2/h3-5,7H,17H2,1-2H3,(H,18,19). The zero-order valence-corrected chi connectivity index (χ0v) is 12.5. The van der Waals surface area contributed by atoms with Gasteiger partial charge in [-0.25, -0.2) is 4.79 Å². The fourth-order valence-corrected chi connectivity index (χ4v) is 2.41. The van der Waals surface area contributed by atoms with Crippen molar-refractivity contribution in [3.63, 3.8) is 0 Å². The Kier molecular flexibility index (Phi) is 3.38. The molecule has 0 saturated heterocycles. The Labute approximate surface area is 131 Å². The summed E-state index contributed by atoms with van der Waals surface area (Å²) in [6, 6.07) is 7.31. The summed E-state index contributed by atoms with van der Waals surface area (Å²) in [4.78, 5) is 12.0. The summed E-state index contributed by atoms with van der Waals surface area (Å²) < 4.78 is 11.4. The van der Waals surface area contributed by atoms with Gasteiger partial charge in [0.1, 0.15) is 6.07 Å². The first kappa shape index (κ1) is 14.5. The van der Waals surface area contributed by atoms with Crippen molar-refractivity contribution in [2.24, 2.45) is 0 Å². The minimum Gasteiger partial charge on any atom is -0.480 e. The third-order valence-electron chi connectivity index (χ3n) is 3.53. The second-order valence-electron chi connectivity index (χ2n) is 4.74. The van der Waals surface area contributed by atoms with Crippen LogP contribution < -0.4 is 10.5 Å². The molecule has 0 aliphatic heterocycles. The SMILES string of the molecule is COC(=O)c1c(N)c(C#N)cn1-c1ccc2c(OC)n[nH]c2c1. The third kappa shape index (κ3) is 2.15. The van der Waals surface area contributed by atoms with E-state index in [-0.39, 0.29) is 16.9 Å². The number of nitrogens with zero attached hydrogens (tertiary/aromatic N) is 3. The fourth-order valence-electron chi connectivity index (χ4n) is 2.41. The lowest BCUT2D eigenvalue weighted by Gasteiger charge is -2.08. The molecule has 0 spiro atoms. The Balaban J connectivity index is 2.22. The largest absolute Gasteiger partial charge is 0.480 e. The molecule has 0 amide bonds. The van der Waals surface area contributed by atoms with Crippen molar-refractivity contribution in [1.29, 1.82) is 5.26 Å². The number of nitrogen functional groups attached to an aromatic ring is 1. The average Bonchev–Trinajstić information content (AvgIpc) is 3.13. The van der Waals surface area contributed by atoms with Gasteiger partial charge in [-0.2, -0.15) is 5.26 Å². The van der Waals surface area contributed by atoms with Gasteiger partial charge in [0.15, 0.2) is 5.69 Å². The molecule has 0 atom stereocenters. The van der Waals surface area contributed by atoms with Gasteiger partial charge in [-0.3, -0.25) is 5.10 Å². The molecule has 0 saturated carbocycles. The summed E-state index contributed by atoms with van der Waals surface area (Å²) in [5, 5.41) is 16.8. The number of anilines is 1. The van der Waals surface area contributed by atoms with Crippen LogP contribution in [-0.2, 0) is 4.74 Å². The Morgan fingerprint density at radius 1 is 1.43 bits per heavy atom. The Hall–Kier alpha value is -3.47. The fraction of sp³-hybridized carbons (Fsp3) is 0.133. The summed E-state index contributed by atoms with van der Waals surface area (Å²) in [6.07, 6.45) is 1.50. The first-order valence-electron chi connectivity index (χ1n) is 6.62. The van der Waals surface area contributed by atoms with Crippen LogP contribution in [0, 0.1) is 11.3 Å². The van der Waals surface area contributed by atoms with Crippen molar-refractivity contribution in [3.8, 4) is 17.6 Å². The zero-order chi connectivity index (χ0) is 16.6. The maximum atomic E-state index is 12.0. The van der Waals surface area contributed by atoms with Crippen LogP contribution in [0.1, 0.15) is 16.1 Å². The highest BCUT2D eigenvalue weighted by molar-refractivity contribution is 5.96. The first-order valence-corrected chi connectivity index (χ1v) is 6.62. The summed E-state index contributed by atoms with van der Waals surface area (Å²) in [5.74, 6) is -0.143. The van der Waals surface area contributed by atoms with Crippen LogP contribution in [-0.4, -0.2) is 35.0 Å². The van der Waals surface area contributed by atoms with Crippen molar-refractivity contribution in [2.75, 3.05) is 20.0 Å². The topological polar surface area (TPSA) is 119 Å². The van der Waals surface area contributed by atoms with Gasteiger partial charge >= 0.3 is 5.97 Å². The molecule has 0 aliphatic rings. The molecule has 3 rings (SSSR count). The molecule has 8 nitrogen and oxygen atoms in total. The number of nitriles is 1. The Morgan fingerprint density at radius 2 is 2.22 bits per heavy atom. The number of carbonyl (C=O) groups is 1. The van der Waals surface area contributed by atoms with Crippen molar-refractivity contribution in [2.45, 2.75) is 0 Å². The van der Waals surface area contributed by atoms with Crippen LogP contribution in [0.15, 0.2) is 24.4 Å². The molecule has 0 unspecified atom stereocenters. The van der Waals surface area contributed by atoms with E-state index in [2.05, 4.69) is 10.2 Å². The molecule has 116 valence electrons. The average molecular weight is 311 g/mol. The number of nitrogens with one attached hydrogen (secondary N) is 1. The molecule has 0 radical (unpaired) electrons. The number of esters is 1. The molecule has 0 fully saturated rings. The van der Waals surface area contributed by atoms with Crippen molar-refractivity contribution in [3.05, 3.63) is 35.7 Å². The van der Waals surface area contributed by atoms with Crippen LogP contribution in [0.5, 0.6) is 5.88 Å². The van der Waals surface area contributed by atoms with E-state index in [0.29, 0.717) is 11.6 Å². The molecule has 2 aromatic heterocycles. The van der Waals surface area contributed by atoms with Gasteiger partial charge in [0, 0.05) is 11.9 Å². The summed E-state index contributed by atoms with van der Waals surface area (Å²) in [7, 11) is 2.79. The van der Waals surface area contributed by atoms with E-state index in [4.69, 9.17) is 20.5 Å². The molecule has 1 aromatic carbocycles. The van der Waals surface area contributed by atoms with Crippen LogP contribution in [0.4, 0.5) is 5.69 Å². The third-order valence-corrected chi connectivity index (χ3v) is 3.53. The van der Waals surface area contributed by atoms with E-state index < -0.39 is 5.97 Å². The maximum absolute atomic E-state index is 12.0. The Morgan fingerprint density at radius 3 is 2.87 bits per heavy atom. The predicted octanol–water partition coefficient (Wildman–Crippen LogP) is 1.60. The lowest BCUT2D eigenvalue weighted by Crippen LogP contribution is -2.11. The van der Waals surface area contributed by atoms with Gasteiger partial charge in [0.2, 0.25) is 5.88 Å². The highest BCUT2D eigenvalue weighted by Crippen LogP contribution is 2.28. The zero-order valence-electron chi connectivity index (χ0n) is 12.5. The number of aromatic amines is 1. The van der Waals surface area contributed by atoms with E-state index in [0.717, 1.165) is 10.9 Å². The van der Waals surface area contributed by atoms with Gasteiger partial charge in [0.05, 0.1) is 36.4 Å². The Bertz CT molecular complexity index is 948. The first-order chi connectivity index (χ1) is 11.1. The van der Waals surface area contributed by atoms with Crippen LogP contribution >= 0.6 is 0 Å². The number of aromatic nitrogens is 3. The molecular weight excluding hydrogens is 298 g/mol. The van der Waals surface area contributed by atoms with Crippen LogP contribution in [0.2, 0.25) is 0 Å². The van der Waals surface area contributed by atoms with Gasteiger partial charge in [-0.15, -0.1) is 5.10 Å². The van der Waals surface area contributed by atoms with E-state index in [9.17, 15) is 4.79 Å². The van der Waals surface area contributed by atoms with Crippen LogP contribution in [0.3, 0.4) is 0 Å². The maximum Gasteiger partial charge on any atom is 0.357 e. The molecule has 0 bridgehead atoms. The van der Waals surface area contributed by atoms with E-state index in [1.54, 1.807) is 18.2 Å². The molecule has 2 heterocycles. The number of benzene rings is 1.